The van der Waals surface area contributed by atoms with Crippen molar-refractivity contribution < 1.29 is 14.9 Å². The predicted octanol–water partition coefficient (Wildman–Crippen LogP) is 1.32. The van der Waals surface area contributed by atoms with E-state index in [1.165, 1.54) is 0 Å². The molecule has 0 bridgehead atoms. The van der Waals surface area contributed by atoms with Gasteiger partial charge in [-0.25, -0.2) is 0 Å². The Morgan fingerprint density at radius 2 is 1.23 bits per heavy atom. The summed E-state index contributed by atoms with van der Waals surface area (Å²) >= 11 is 0. The third kappa shape index (κ3) is 4.60. The molecule has 0 saturated heterocycles. The van der Waals surface area contributed by atoms with Crippen LogP contribution >= 0.6 is 0 Å². The first-order valence-corrected chi connectivity index (χ1v) is 5.04. The standard InChI is InChI=1S/C10H22O3/c1-5-9(7(3)11)13-10(6-2)8(4)12/h7-12H,5-6H2,1-4H3. The highest BCUT2D eigenvalue weighted by molar-refractivity contribution is 4.69. The van der Waals surface area contributed by atoms with Gasteiger partial charge in [0.1, 0.15) is 0 Å². The minimum atomic E-state index is -0.474. The smallest absolute Gasteiger partial charge is 0.0833 e. The highest BCUT2D eigenvalue weighted by Crippen LogP contribution is 2.12. The number of aliphatic hydroxyl groups is 2. The van der Waals surface area contributed by atoms with Gasteiger partial charge < -0.3 is 14.9 Å². The Morgan fingerprint density at radius 1 is 0.923 bits per heavy atom. The maximum Gasteiger partial charge on any atom is 0.0833 e. The topological polar surface area (TPSA) is 49.7 Å². The first-order valence-electron chi connectivity index (χ1n) is 5.04. The third-order valence-corrected chi connectivity index (χ3v) is 2.23. The van der Waals surface area contributed by atoms with Gasteiger partial charge in [0, 0.05) is 0 Å². The molecular weight excluding hydrogens is 168 g/mol. The highest BCUT2D eigenvalue weighted by atomic mass is 16.5. The van der Waals surface area contributed by atoms with Crippen LogP contribution in [0.2, 0.25) is 0 Å². The van der Waals surface area contributed by atoms with Gasteiger partial charge in [0.2, 0.25) is 0 Å². The molecule has 0 radical (unpaired) electrons. The van der Waals surface area contributed by atoms with Crippen LogP contribution in [0.15, 0.2) is 0 Å². The van der Waals surface area contributed by atoms with Gasteiger partial charge in [-0.2, -0.15) is 0 Å². The Labute approximate surface area is 80.7 Å². The Balaban J connectivity index is 4.03. The molecule has 0 amide bonds. The SMILES string of the molecule is CCC(OC(CC)C(C)O)C(C)O. The average Bonchev–Trinajstić information content (AvgIpc) is 2.05. The highest BCUT2D eigenvalue weighted by Gasteiger charge is 2.21. The van der Waals surface area contributed by atoms with Gasteiger partial charge in [-0.3, -0.25) is 0 Å². The van der Waals surface area contributed by atoms with E-state index in [4.69, 9.17) is 4.74 Å². The van der Waals surface area contributed by atoms with Crippen LogP contribution in [0.1, 0.15) is 40.5 Å². The summed E-state index contributed by atoms with van der Waals surface area (Å²) in [6.45, 7) is 7.35. The number of ether oxygens (including phenoxy) is 1. The normalized spacial score (nSPS) is 20.8. The fourth-order valence-electron chi connectivity index (χ4n) is 1.33. The van der Waals surface area contributed by atoms with E-state index in [0.717, 1.165) is 12.8 Å². The summed E-state index contributed by atoms with van der Waals surface area (Å²) in [6.07, 6.45) is 0.247. The summed E-state index contributed by atoms with van der Waals surface area (Å²) in [5.74, 6) is 0. The molecule has 0 saturated carbocycles. The molecule has 0 aliphatic carbocycles. The van der Waals surface area contributed by atoms with Crippen LogP contribution < -0.4 is 0 Å². The predicted molar refractivity (Wildman–Crippen MR) is 52.6 cm³/mol. The number of hydrogen-bond acceptors (Lipinski definition) is 3. The quantitative estimate of drug-likeness (QED) is 0.664. The van der Waals surface area contributed by atoms with Crippen molar-refractivity contribution in [2.24, 2.45) is 0 Å². The summed E-state index contributed by atoms with van der Waals surface area (Å²) in [5.41, 5.74) is 0. The summed E-state index contributed by atoms with van der Waals surface area (Å²) in [5, 5.41) is 18.7. The monoisotopic (exact) mass is 190 g/mol. The molecule has 13 heavy (non-hydrogen) atoms. The molecule has 0 spiro atoms. The van der Waals surface area contributed by atoms with Crippen molar-refractivity contribution in [3.63, 3.8) is 0 Å². The van der Waals surface area contributed by atoms with Gasteiger partial charge in [-0.15, -0.1) is 0 Å². The van der Waals surface area contributed by atoms with Gasteiger partial charge >= 0.3 is 0 Å². The molecule has 0 heterocycles. The van der Waals surface area contributed by atoms with Crippen molar-refractivity contribution in [2.75, 3.05) is 0 Å². The first-order chi connectivity index (χ1) is 6.02. The molecule has 80 valence electrons. The summed E-state index contributed by atoms with van der Waals surface area (Å²) < 4.78 is 5.57. The van der Waals surface area contributed by atoms with E-state index >= 15 is 0 Å². The van der Waals surface area contributed by atoms with Gasteiger partial charge in [0.05, 0.1) is 24.4 Å². The molecule has 0 fully saturated rings. The summed E-state index contributed by atoms with van der Waals surface area (Å²) in [7, 11) is 0. The Bertz CT molecular complexity index is 109. The van der Waals surface area contributed by atoms with Crippen LogP contribution in [0.25, 0.3) is 0 Å². The lowest BCUT2D eigenvalue weighted by Gasteiger charge is -2.26. The molecule has 3 heteroatoms. The lowest BCUT2D eigenvalue weighted by Crippen LogP contribution is -2.35. The van der Waals surface area contributed by atoms with Crippen molar-refractivity contribution in [3.8, 4) is 0 Å². The number of hydrogen-bond donors (Lipinski definition) is 2. The van der Waals surface area contributed by atoms with Crippen LogP contribution in [-0.4, -0.2) is 34.6 Å². The van der Waals surface area contributed by atoms with Crippen molar-refractivity contribution in [1.82, 2.24) is 0 Å². The summed E-state index contributed by atoms with van der Waals surface area (Å²) in [4.78, 5) is 0. The molecule has 0 aromatic rings. The molecule has 0 aliphatic heterocycles. The second-order valence-electron chi connectivity index (χ2n) is 3.51. The van der Waals surface area contributed by atoms with Crippen LogP contribution in [-0.2, 0) is 4.74 Å². The largest absolute Gasteiger partial charge is 0.391 e. The number of aliphatic hydroxyl groups excluding tert-OH is 2. The Kier molecular flexibility index (Phi) is 6.29. The minimum Gasteiger partial charge on any atom is -0.391 e. The maximum absolute atomic E-state index is 9.33. The van der Waals surface area contributed by atoms with E-state index in [2.05, 4.69) is 0 Å². The molecule has 0 aliphatic rings. The zero-order chi connectivity index (χ0) is 10.4. The minimum absolute atomic E-state index is 0.167. The first kappa shape index (κ1) is 12.9. The molecule has 0 aromatic heterocycles. The van der Waals surface area contributed by atoms with Gasteiger partial charge in [-0.1, -0.05) is 13.8 Å². The molecule has 2 N–H and O–H groups in total. The lowest BCUT2D eigenvalue weighted by atomic mass is 10.1. The Morgan fingerprint density at radius 3 is 1.38 bits per heavy atom. The molecule has 4 unspecified atom stereocenters. The van der Waals surface area contributed by atoms with Crippen molar-refractivity contribution in [2.45, 2.75) is 65.0 Å². The second-order valence-corrected chi connectivity index (χ2v) is 3.51. The van der Waals surface area contributed by atoms with Crippen molar-refractivity contribution >= 4 is 0 Å². The molecule has 4 atom stereocenters. The van der Waals surface area contributed by atoms with Gasteiger partial charge in [-0.05, 0) is 26.7 Å². The molecule has 0 rings (SSSR count). The zero-order valence-electron chi connectivity index (χ0n) is 9.03. The molecule has 0 aromatic carbocycles. The maximum atomic E-state index is 9.33. The van der Waals surface area contributed by atoms with E-state index in [0.29, 0.717) is 0 Å². The average molecular weight is 190 g/mol. The fourth-order valence-corrected chi connectivity index (χ4v) is 1.33. The van der Waals surface area contributed by atoms with E-state index in [-0.39, 0.29) is 12.2 Å². The van der Waals surface area contributed by atoms with Crippen LogP contribution in [0.4, 0.5) is 0 Å². The molecule has 3 nitrogen and oxygen atoms in total. The van der Waals surface area contributed by atoms with E-state index < -0.39 is 12.2 Å². The van der Waals surface area contributed by atoms with Gasteiger partial charge in [0.15, 0.2) is 0 Å². The van der Waals surface area contributed by atoms with Gasteiger partial charge in [0.25, 0.3) is 0 Å². The zero-order valence-corrected chi connectivity index (χ0v) is 9.03. The van der Waals surface area contributed by atoms with Crippen LogP contribution in [0.3, 0.4) is 0 Å². The molecular formula is C10H22O3. The van der Waals surface area contributed by atoms with Crippen molar-refractivity contribution in [1.29, 1.82) is 0 Å². The number of rotatable bonds is 6. The van der Waals surface area contributed by atoms with Crippen molar-refractivity contribution in [3.05, 3.63) is 0 Å². The lowest BCUT2D eigenvalue weighted by molar-refractivity contribution is -0.110. The van der Waals surface area contributed by atoms with E-state index in [1.54, 1.807) is 13.8 Å². The van der Waals surface area contributed by atoms with E-state index in [1.807, 2.05) is 13.8 Å². The van der Waals surface area contributed by atoms with E-state index in [9.17, 15) is 10.2 Å². The Hall–Kier alpha value is -0.120. The second kappa shape index (κ2) is 6.35. The van der Waals surface area contributed by atoms with Crippen LogP contribution in [0.5, 0.6) is 0 Å². The van der Waals surface area contributed by atoms with Crippen LogP contribution in [0, 0.1) is 0 Å². The third-order valence-electron chi connectivity index (χ3n) is 2.23. The fraction of sp³-hybridized carbons (Fsp3) is 1.00. The summed E-state index contributed by atoms with van der Waals surface area (Å²) in [6, 6.07) is 0.